The summed E-state index contributed by atoms with van der Waals surface area (Å²) < 4.78 is 9.88. The molecular weight excluding hydrogens is 286 g/mol. The van der Waals surface area contributed by atoms with E-state index in [9.17, 15) is 4.79 Å². The van der Waals surface area contributed by atoms with Crippen LogP contribution in [0.25, 0.3) is 0 Å². The van der Waals surface area contributed by atoms with Gasteiger partial charge in [-0.15, -0.1) is 0 Å². The number of methoxy groups -OCH3 is 2. The number of nitriles is 1. The second-order valence-electron chi connectivity index (χ2n) is 5.39. The van der Waals surface area contributed by atoms with Crippen molar-refractivity contribution in [1.29, 1.82) is 5.26 Å². The van der Waals surface area contributed by atoms with Crippen LogP contribution in [0.4, 0.5) is 0 Å². The zero-order valence-corrected chi connectivity index (χ0v) is 13.2. The lowest BCUT2D eigenvalue weighted by Gasteiger charge is -2.13. The van der Waals surface area contributed by atoms with Crippen LogP contribution in [0.2, 0.25) is 0 Å². The molecule has 1 aromatic carbocycles. The molecule has 5 heteroatoms. The lowest BCUT2D eigenvalue weighted by Crippen LogP contribution is -2.13. The Labute approximate surface area is 129 Å². The van der Waals surface area contributed by atoms with Crippen molar-refractivity contribution in [3.63, 3.8) is 0 Å². The van der Waals surface area contributed by atoms with Crippen molar-refractivity contribution in [1.82, 2.24) is 0 Å². The van der Waals surface area contributed by atoms with E-state index in [1.807, 2.05) is 18.2 Å². The highest BCUT2D eigenvalue weighted by Gasteiger charge is 2.44. The zero-order valence-electron chi connectivity index (χ0n) is 12.3. The molecule has 0 heterocycles. The Morgan fingerprint density at radius 2 is 2.19 bits per heavy atom. The number of nitrogens with zero attached hydrogens (tertiary/aromatic N) is 1. The van der Waals surface area contributed by atoms with Gasteiger partial charge in [-0.05, 0) is 41.7 Å². The minimum atomic E-state index is -0.121. The Kier molecular flexibility index (Phi) is 5.13. The number of ether oxygens (including phenoxy) is 2. The van der Waals surface area contributed by atoms with Gasteiger partial charge in [0.15, 0.2) is 0 Å². The minimum Gasteiger partial charge on any atom is -0.495 e. The highest BCUT2D eigenvalue weighted by atomic mass is 32.2. The van der Waals surface area contributed by atoms with Crippen molar-refractivity contribution < 1.29 is 14.3 Å². The number of thioether (sulfide) groups is 1. The number of benzene rings is 1. The van der Waals surface area contributed by atoms with Crippen LogP contribution < -0.4 is 4.74 Å². The van der Waals surface area contributed by atoms with E-state index in [0.29, 0.717) is 17.7 Å². The van der Waals surface area contributed by atoms with E-state index in [0.717, 1.165) is 29.9 Å². The van der Waals surface area contributed by atoms with Crippen LogP contribution in [0.15, 0.2) is 18.2 Å². The van der Waals surface area contributed by atoms with Gasteiger partial charge in [0.05, 0.1) is 26.2 Å². The number of hydrogen-bond acceptors (Lipinski definition) is 5. The van der Waals surface area contributed by atoms with Crippen LogP contribution in [-0.4, -0.2) is 25.9 Å². The number of rotatable bonds is 7. The van der Waals surface area contributed by atoms with E-state index in [-0.39, 0.29) is 11.4 Å². The summed E-state index contributed by atoms with van der Waals surface area (Å²) in [4.78, 5) is 11.4. The molecule has 4 nitrogen and oxygen atoms in total. The molecule has 0 aliphatic heterocycles. The standard InChI is InChI=1S/C16H19NO3S/c1-19-14-4-3-12(7-13(14)9-17)10-21-11-16(5-6-16)8-15(18)20-2/h3-4,7H,5-6,8,10-11H2,1-2H3. The van der Waals surface area contributed by atoms with Gasteiger partial charge in [-0.25, -0.2) is 0 Å². The molecule has 1 aliphatic rings. The van der Waals surface area contributed by atoms with Gasteiger partial charge in [0.2, 0.25) is 0 Å². The van der Waals surface area contributed by atoms with Crippen molar-refractivity contribution in [3.8, 4) is 11.8 Å². The molecule has 0 radical (unpaired) electrons. The Morgan fingerprint density at radius 1 is 1.43 bits per heavy atom. The molecule has 0 saturated heterocycles. The fraction of sp³-hybridized carbons (Fsp3) is 0.500. The number of hydrogen-bond donors (Lipinski definition) is 0. The molecule has 0 bridgehead atoms. The predicted molar refractivity (Wildman–Crippen MR) is 82.2 cm³/mol. The van der Waals surface area contributed by atoms with Gasteiger partial charge in [0.1, 0.15) is 11.8 Å². The number of carbonyl (C=O) groups excluding carboxylic acids is 1. The van der Waals surface area contributed by atoms with Crippen LogP contribution in [0, 0.1) is 16.7 Å². The Hall–Kier alpha value is -1.67. The molecule has 1 aliphatic carbocycles. The highest BCUT2D eigenvalue weighted by Crippen LogP contribution is 2.51. The highest BCUT2D eigenvalue weighted by molar-refractivity contribution is 7.98. The molecule has 0 N–H and O–H groups in total. The van der Waals surface area contributed by atoms with Crippen molar-refractivity contribution in [2.75, 3.05) is 20.0 Å². The molecule has 2 rings (SSSR count). The average Bonchev–Trinajstić information content (AvgIpc) is 3.26. The molecule has 0 amide bonds. The quantitative estimate of drug-likeness (QED) is 0.724. The number of esters is 1. The average molecular weight is 305 g/mol. The lowest BCUT2D eigenvalue weighted by atomic mass is 10.1. The number of carbonyl (C=O) groups is 1. The Balaban J connectivity index is 1.87. The first-order valence-corrected chi connectivity index (χ1v) is 7.99. The van der Waals surface area contributed by atoms with Crippen molar-refractivity contribution >= 4 is 17.7 Å². The van der Waals surface area contributed by atoms with E-state index in [1.165, 1.54) is 7.11 Å². The van der Waals surface area contributed by atoms with Crippen molar-refractivity contribution in [2.24, 2.45) is 5.41 Å². The summed E-state index contributed by atoms with van der Waals surface area (Å²) in [6.07, 6.45) is 2.71. The van der Waals surface area contributed by atoms with Gasteiger partial charge in [-0.1, -0.05) is 6.07 Å². The third-order valence-electron chi connectivity index (χ3n) is 3.77. The Morgan fingerprint density at radius 3 is 2.76 bits per heavy atom. The van der Waals surface area contributed by atoms with E-state index in [1.54, 1.807) is 18.9 Å². The Bertz CT molecular complexity index is 561. The summed E-state index contributed by atoms with van der Waals surface area (Å²) in [7, 11) is 3.00. The summed E-state index contributed by atoms with van der Waals surface area (Å²) >= 11 is 1.80. The van der Waals surface area contributed by atoms with Gasteiger partial charge in [0, 0.05) is 5.75 Å². The topological polar surface area (TPSA) is 59.3 Å². The summed E-state index contributed by atoms with van der Waals surface area (Å²) in [5, 5.41) is 9.08. The molecule has 0 atom stereocenters. The monoisotopic (exact) mass is 305 g/mol. The van der Waals surface area contributed by atoms with Crippen LogP contribution in [0.5, 0.6) is 5.75 Å². The van der Waals surface area contributed by atoms with Crippen LogP contribution in [0.3, 0.4) is 0 Å². The minimum absolute atomic E-state index is 0.121. The fourth-order valence-electron chi connectivity index (χ4n) is 2.24. The van der Waals surface area contributed by atoms with Gasteiger partial charge in [-0.3, -0.25) is 4.79 Å². The molecule has 1 aromatic rings. The van der Waals surface area contributed by atoms with Gasteiger partial charge < -0.3 is 9.47 Å². The molecule has 1 fully saturated rings. The second kappa shape index (κ2) is 6.86. The maximum atomic E-state index is 11.4. The van der Waals surface area contributed by atoms with Crippen LogP contribution in [0.1, 0.15) is 30.4 Å². The first kappa shape index (κ1) is 15.7. The van der Waals surface area contributed by atoms with Gasteiger partial charge in [-0.2, -0.15) is 17.0 Å². The molecule has 0 spiro atoms. The van der Waals surface area contributed by atoms with E-state index >= 15 is 0 Å². The molecular formula is C16H19NO3S. The smallest absolute Gasteiger partial charge is 0.306 e. The summed E-state index contributed by atoms with van der Waals surface area (Å²) in [6.45, 7) is 0. The molecule has 21 heavy (non-hydrogen) atoms. The predicted octanol–water partition coefficient (Wildman–Crippen LogP) is 3.14. The van der Waals surface area contributed by atoms with E-state index in [4.69, 9.17) is 14.7 Å². The van der Waals surface area contributed by atoms with E-state index < -0.39 is 0 Å². The summed E-state index contributed by atoms with van der Waals surface area (Å²) in [5.74, 6) is 2.28. The first-order chi connectivity index (χ1) is 10.1. The molecule has 112 valence electrons. The summed E-state index contributed by atoms with van der Waals surface area (Å²) in [5.41, 5.74) is 1.81. The van der Waals surface area contributed by atoms with Crippen molar-refractivity contribution in [3.05, 3.63) is 29.3 Å². The van der Waals surface area contributed by atoms with Crippen LogP contribution >= 0.6 is 11.8 Å². The largest absolute Gasteiger partial charge is 0.495 e. The first-order valence-electron chi connectivity index (χ1n) is 6.84. The second-order valence-corrected chi connectivity index (χ2v) is 6.38. The van der Waals surface area contributed by atoms with E-state index in [2.05, 4.69) is 6.07 Å². The zero-order chi connectivity index (χ0) is 15.3. The maximum absolute atomic E-state index is 11.4. The van der Waals surface area contributed by atoms with Gasteiger partial charge in [0.25, 0.3) is 0 Å². The van der Waals surface area contributed by atoms with Crippen LogP contribution in [-0.2, 0) is 15.3 Å². The summed E-state index contributed by atoms with van der Waals surface area (Å²) in [6, 6.07) is 7.82. The maximum Gasteiger partial charge on any atom is 0.306 e. The van der Waals surface area contributed by atoms with Gasteiger partial charge >= 0.3 is 5.97 Å². The normalized spacial score (nSPS) is 15.1. The third kappa shape index (κ3) is 4.15. The third-order valence-corrected chi connectivity index (χ3v) is 5.12. The molecule has 0 unspecified atom stereocenters. The lowest BCUT2D eigenvalue weighted by molar-refractivity contribution is -0.141. The van der Waals surface area contributed by atoms with Crippen molar-refractivity contribution in [2.45, 2.75) is 25.0 Å². The fourth-order valence-corrected chi connectivity index (χ4v) is 3.59. The molecule has 0 aromatic heterocycles. The molecule has 1 saturated carbocycles. The SMILES string of the molecule is COC(=O)CC1(CSCc2ccc(OC)c(C#N)c2)CC1.